The van der Waals surface area contributed by atoms with E-state index in [9.17, 15) is 23.1 Å². The minimum absolute atomic E-state index is 0.0965. The van der Waals surface area contributed by atoms with Crippen LogP contribution in [0.3, 0.4) is 0 Å². The van der Waals surface area contributed by atoms with E-state index in [1.54, 1.807) is 0 Å². The van der Waals surface area contributed by atoms with Crippen LogP contribution in [0.2, 0.25) is 0 Å². The molecular weight excluding hydrogens is 320 g/mol. The normalized spacial score (nSPS) is 22.4. The molecule has 1 aliphatic rings. The summed E-state index contributed by atoms with van der Waals surface area (Å²) in [6.45, 7) is 2.96. The quantitative estimate of drug-likeness (QED) is 0.607. The van der Waals surface area contributed by atoms with Gasteiger partial charge in [0.1, 0.15) is 5.37 Å². The largest absolute Gasteiger partial charge is 0.480 e. The maximum atomic E-state index is 12.2. The molecule has 1 aliphatic heterocycles. The van der Waals surface area contributed by atoms with Gasteiger partial charge >= 0.3 is 12.0 Å². The van der Waals surface area contributed by atoms with E-state index < -0.39 is 39.4 Å². The average Bonchev–Trinajstić information content (AvgIpc) is 2.43. The number of nitrogens with zero attached hydrogens (tertiary/aromatic N) is 1. The van der Waals surface area contributed by atoms with Gasteiger partial charge in [-0.3, -0.25) is 0 Å². The number of rotatable bonds is 5. The van der Waals surface area contributed by atoms with Crippen molar-refractivity contribution in [2.45, 2.75) is 31.4 Å². The zero-order valence-electron chi connectivity index (χ0n) is 11.9. The molecule has 1 fully saturated rings. The van der Waals surface area contributed by atoms with Crippen LogP contribution < -0.4 is 5.32 Å². The van der Waals surface area contributed by atoms with Crippen LogP contribution in [0.5, 0.6) is 0 Å². The summed E-state index contributed by atoms with van der Waals surface area (Å²) < 4.78 is 24.0. The van der Waals surface area contributed by atoms with Crippen molar-refractivity contribution in [1.82, 2.24) is 10.2 Å². The Hall–Kier alpha value is -1.00. The lowest BCUT2D eigenvalue weighted by atomic mass is 10.2. The van der Waals surface area contributed by atoms with Gasteiger partial charge in [-0.15, -0.1) is 0 Å². The van der Waals surface area contributed by atoms with Gasteiger partial charge in [-0.1, -0.05) is 6.92 Å². The van der Waals surface area contributed by atoms with Crippen molar-refractivity contribution in [3.63, 3.8) is 0 Å². The van der Waals surface area contributed by atoms with Gasteiger partial charge in [0.2, 0.25) is 0 Å². The standard InChI is InChI=1S/C11H20N2O6S2/c1-3-21(18,19)8-6-20-5-4-13(8)11(17)12-9(7(2)14)10(15)16/h7-9,14H,3-6H2,1-2H3,(H,12,17)(H,15,16). The minimum atomic E-state index is -3.46. The molecule has 1 heterocycles. The Morgan fingerprint density at radius 3 is 2.57 bits per heavy atom. The molecule has 0 aliphatic carbocycles. The number of aliphatic hydroxyl groups is 1. The lowest BCUT2D eigenvalue weighted by Gasteiger charge is -2.35. The Morgan fingerprint density at radius 1 is 1.48 bits per heavy atom. The summed E-state index contributed by atoms with van der Waals surface area (Å²) in [6.07, 6.45) is -1.29. The summed E-state index contributed by atoms with van der Waals surface area (Å²) in [4.78, 5) is 24.3. The highest BCUT2D eigenvalue weighted by atomic mass is 32.2. The highest BCUT2D eigenvalue weighted by Gasteiger charge is 2.37. The number of amides is 2. The Bertz CT molecular complexity index is 493. The molecular formula is C11H20N2O6S2. The summed E-state index contributed by atoms with van der Waals surface area (Å²) in [5.74, 6) is -0.633. The maximum absolute atomic E-state index is 12.2. The smallest absolute Gasteiger partial charge is 0.328 e. The maximum Gasteiger partial charge on any atom is 0.328 e. The fraction of sp³-hybridized carbons (Fsp3) is 0.818. The molecule has 10 heteroatoms. The molecule has 1 saturated heterocycles. The van der Waals surface area contributed by atoms with Crippen molar-refractivity contribution >= 4 is 33.6 Å². The highest BCUT2D eigenvalue weighted by molar-refractivity contribution is 8.01. The van der Waals surface area contributed by atoms with Gasteiger partial charge in [0, 0.05) is 23.8 Å². The molecule has 3 N–H and O–H groups in total. The first-order chi connectivity index (χ1) is 9.70. The van der Waals surface area contributed by atoms with Gasteiger partial charge in [-0.25, -0.2) is 18.0 Å². The summed E-state index contributed by atoms with van der Waals surface area (Å²) in [5.41, 5.74) is 0. The van der Waals surface area contributed by atoms with E-state index in [1.807, 2.05) is 0 Å². The van der Waals surface area contributed by atoms with Gasteiger partial charge in [0.25, 0.3) is 0 Å². The summed E-state index contributed by atoms with van der Waals surface area (Å²) >= 11 is 1.43. The van der Waals surface area contributed by atoms with Crippen LogP contribution in [-0.2, 0) is 14.6 Å². The summed E-state index contributed by atoms with van der Waals surface area (Å²) in [6, 6.07) is -2.26. The molecule has 3 unspecified atom stereocenters. The van der Waals surface area contributed by atoms with E-state index in [0.717, 1.165) is 4.90 Å². The van der Waals surface area contributed by atoms with Crippen LogP contribution in [-0.4, -0.2) is 76.9 Å². The lowest BCUT2D eigenvalue weighted by molar-refractivity contribution is -0.141. The van der Waals surface area contributed by atoms with Gasteiger partial charge in [0.05, 0.1) is 6.10 Å². The number of carbonyl (C=O) groups excluding carboxylic acids is 1. The number of thioether (sulfide) groups is 1. The van der Waals surface area contributed by atoms with E-state index in [0.29, 0.717) is 5.75 Å². The molecule has 0 spiro atoms. The molecule has 2 amide bonds. The Balaban J connectivity index is 2.90. The van der Waals surface area contributed by atoms with Gasteiger partial charge < -0.3 is 20.4 Å². The lowest BCUT2D eigenvalue weighted by Crippen LogP contribution is -2.58. The van der Waals surface area contributed by atoms with Crippen LogP contribution in [0.15, 0.2) is 0 Å². The predicted molar refractivity (Wildman–Crippen MR) is 78.9 cm³/mol. The van der Waals surface area contributed by atoms with E-state index >= 15 is 0 Å². The van der Waals surface area contributed by atoms with Crippen molar-refractivity contribution < 1.29 is 28.2 Å². The number of aliphatic hydroxyl groups excluding tert-OH is 1. The molecule has 0 aromatic rings. The van der Waals surface area contributed by atoms with Crippen molar-refractivity contribution in [2.24, 2.45) is 0 Å². The highest BCUT2D eigenvalue weighted by Crippen LogP contribution is 2.21. The molecule has 21 heavy (non-hydrogen) atoms. The Labute approximate surface area is 127 Å². The number of aliphatic carboxylic acids is 1. The van der Waals surface area contributed by atoms with Crippen LogP contribution in [0, 0.1) is 0 Å². The van der Waals surface area contributed by atoms with Crippen LogP contribution in [0.25, 0.3) is 0 Å². The molecule has 0 saturated carbocycles. The third-order valence-corrected chi connectivity index (χ3v) is 6.48. The van der Waals surface area contributed by atoms with E-state index in [-0.39, 0.29) is 18.1 Å². The zero-order valence-corrected chi connectivity index (χ0v) is 13.5. The first-order valence-corrected chi connectivity index (χ1v) is 9.35. The number of urea groups is 1. The second kappa shape index (κ2) is 7.32. The van der Waals surface area contributed by atoms with Crippen LogP contribution in [0.4, 0.5) is 4.79 Å². The SMILES string of the molecule is CCS(=O)(=O)C1CSCCN1C(=O)NC(C(=O)O)C(C)O. The number of hydrogen-bond donors (Lipinski definition) is 3. The number of sulfone groups is 1. The molecule has 0 aromatic carbocycles. The van der Waals surface area contributed by atoms with Gasteiger partial charge in [-0.2, -0.15) is 11.8 Å². The molecule has 3 atom stereocenters. The predicted octanol–water partition coefficient (Wildman–Crippen LogP) is -0.660. The van der Waals surface area contributed by atoms with Crippen molar-refractivity contribution in [2.75, 3.05) is 23.8 Å². The second-order valence-electron chi connectivity index (χ2n) is 4.68. The number of carbonyl (C=O) groups is 2. The molecule has 1 rings (SSSR count). The fourth-order valence-electron chi connectivity index (χ4n) is 1.91. The minimum Gasteiger partial charge on any atom is -0.480 e. The second-order valence-corrected chi connectivity index (χ2v) is 8.28. The topological polar surface area (TPSA) is 124 Å². The van der Waals surface area contributed by atoms with Gasteiger partial charge in [0.15, 0.2) is 15.9 Å². The van der Waals surface area contributed by atoms with E-state index in [4.69, 9.17) is 5.11 Å². The van der Waals surface area contributed by atoms with E-state index in [1.165, 1.54) is 25.6 Å². The molecule has 8 nitrogen and oxygen atoms in total. The monoisotopic (exact) mass is 340 g/mol. The average molecular weight is 340 g/mol. The molecule has 0 bridgehead atoms. The Morgan fingerprint density at radius 2 is 2.10 bits per heavy atom. The summed E-state index contributed by atoms with van der Waals surface area (Å²) in [5, 5.41) is 19.5. The molecule has 122 valence electrons. The molecule has 0 radical (unpaired) electrons. The number of nitrogens with one attached hydrogen (secondary N) is 1. The molecule has 0 aromatic heterocycles. The van der Waals surface area contributed by atoms with Crippen LogP contribution in [0.1, 0.15) is 13.8 Å². The van der Waals surface area contributed by atoms with Crippen LogP contribution >= 0.6 is 11.8 Å². The Kier molecular flexibility index (Phi) is 6.29. The first kappa shape index (κ1) is 18.1. The number of hydrogen-bond acceptors (Lipinski definition) is 6. The first-order valence-electron chi connectivity index (χ1n) is 6.48. The zero-order chi connectivity index (χ0) is 16.2. The third-order valence-electron chi connectivity index (χ3n) is 3.19. The van der Waals surface area contributed by atoms with Gasteiger partial charge in [-0.05, 0) is 6.92 Å². The third kappa shape index (κ3) is 4.48. The number of carboxylic acids is 1. The van der Waals surface area contributed by atoms with Crippen molar-refractivity contribution in [1.29, 1.82) is 0 Å². The summed E-state index contributed by atoms with van der Waals surface area (Å²) in [7, 11) is -3.46. The van der Waals surface area contributed by atoms with E-state index in [2.05, 4.69) is 5.32 Å². The number of carboxylic acid groups (broad SMARTS) is 1. The van der Waals surface area contributed by atoms with Crippen molar-refractivity contribution in [3.8, 4) is 0 Å². The fourth-order valence-corrected chi connectivity index (χ4v) is 4.87. The van der Waals surface area contributed by atoms with Crippen molar-refractivity contribution in [3.05, 3.63) is 0 Å².